The molecule has 0 radical (unpaired) electrons. The van der Waals surface area contributed by atoms with E-state index in [1.165, 1.54) is 0 Å². The van der Waals surface area contributed by atoms with Gasteiger partial charge >= 0.3 is 0 Å². The van der Waals surface area contributed by atoms with Crippen LogP contribution in [0.1, 0.15) is 35.9 Å². The molecule has 2 heterocycles. The molecule has 2 aromatic rings. The van der Waals surface area contributed by atoms with Crippen LogP contribution in [-0.4, -0.2) is 37.5 Å². The fraction of sp³-hybridized carbons (Fsp3) is 0.400. The molecule has 0 aliphatic rings. The Balaban J connectivity index is 1.99. The van der Waals surface area contributed by atoms with Crippen LogP contribution in [0.15, 0.2) is 16.9 Å². The maximum atomic E-state index is 12.2. The molecule has 128 valence electrons. The van der Waals surface area contributed by atoms with E-state index in [-0.39, 0.29) is 36.3 Å². The van der Waals surface area contributed by atoms with Crippen LogP contribution in [-0.2, 0) is 12.8 Å². The molecule has 0 bridgehead atoms. The molecule has 9 heteroatoms. The molecule has 0 unspecified atom stereocenters. The minimum Gasteiger partial charge on any atom is -0.493 e. The molecular formula is C15H20N6O3. The molecule has 2 rings (SSSR count). The van der Waals surface area contributed by atoms with Gasteiger partial charge in [-0.2, -0.15) is 0 Å². The number of carbonyl (C=O) groups is 1. The number of nitrogens with zero attached hydrogens (tertiary/aromatic N) is 3. The van der Waals surface area contributed by atoms with Crippen molar-refractivity contribution in [3.63, 3.8) is 0 Å². The first kappa shape index (κ1) is 17.4. The standard InChI is InChI=1S/C15H20N6O3/c1-8(2)5-9-6-10(19-15(16)18-9)14(24)17-4-3-11-20-12(22)7-13(23)21-11/h6-8H,3-5H2,1-2H3,(H,17,24)(H2,16,18,19)(H2,20,21,22,23). The van der Waals surface area contributed by atoms with Gasteiger partial charge in [0.15, 0.2) is 0 Å². The summed E-state index contributed by atoms with van der Waals surface area (Å²) in [7, 11) is 0. The molecule has 24 heavy (non-hydrogen) atoms. The van der Waals surface area contributed by atoms with E-state index in [9.17, 15) is 14.7 Å². The Morgan fingerprint density at radius 1 is 1.33 bits per heavy atom. The van der Waals surface area contributed by atoms with E-state index >= 15 is 0 Å². The normalized spacial score (nSPS) is 10.8. The first-order chi connectivity index (χ1) is 11.3. The number of H-pyrrole nitrogens is 1. The second-order valence-electron chi connectivity index (χ2n) is 5.76. The smallest absolute Gasteiger partial charge is 0.270 e. The third kappa shape index (κ3) is 5.04. The molecule has 0 fully saturated rings. The second-order valence-corrected chi connectivity index (χ2v) is 5.76. The number of anilines is 1. The molecule has 1 amide bonds. The molecule has 0 aliphatic carbocycles. The number of amides is 1. The molecule has 0 saturated carbocycles. The average Bonchev–Trinajstić information content (AvgIpc) is 2.44. The molecule has 0 spiro atoms. The number of aromatic nitrogens is 4. The van der Waals surface area contributed by atoms with Crippen molar-refractivity contribution in [1.29, 1.82) is 0 Å². The predicted molar refractivity (Wildman–Crippen MR) is 87.5 cm³/mol. The van der Waals surface area contributed by atoms with E-state index in [4.69, 9.17) is 5.73 Å². The lowest BCUT2D eigenvalue weighted by atomic mass is 10.1. The van der Waals surface area contributed by atoms with Crippen molar-refractivity contribution < 1.29 is 9.90 Å². The second kappa shape index (κ2) is 7.53. The van der Waals surface area contributed by atoms with Crippen molar-refractivity contribution in [1.82, 2.24) is 25.3 Å². The van der Waals surface area contributed by atoms with Crippen LogP contribution < -0.4 is 16.6 Å². The van der Waals surface area contributed by atoms with Crippen molar-refractivity contribution in [2.45, 2.75) is 26.7 Å². The largest absolute Gasteiger partial charge is 0.493 e. The van der Waals surface area contributed by atoms with Crippen LogP contribution in [0, 0.1) is 5.92 Å². The van der Waals surface area contributed by atoms with Crippen molar-refractivity contribution in [3.8, 4) is 5.88 Å². The number of nitrogen functional groups attached to an aromatic ring is 1. The number of hydrogen-bond acceptors (Lipinski definition) is 7. The summed E-state index contributed by atoms with van der Waals surface area (Å²) in [6.45, 7) is 4.30. The van der Waals surface area contributed by atoms with Gasteiger partial charge in [0.1, 0.15) is 11.5 Å². The van der Waals surface area contributed by atoms with Crippen LogP contribution in [0.4, 0.5) is 5.95 Å². The third-order valence-corrected chi connectivity index (χ3v) is 3.07. The van der Waals surface area contributed by atoms with Gasteiger partial charge in [-0.1, -0.05) is 13.8 Å². The molecule has 2 aromatic heterocycles. The maximum absolute atomic E-state index is 12.2. The third-order valence-electron chi connectivity index (χ3n) is 3.07. The molecule has 0 saturated heterocycles. The van der Waals surface area contributed by atoms with Gasteiger partial charge in [-0.15, -0.1) is 0 Å². The summed E-state index contributed by atoms with van der Waals surface area (Å²) < 4.78 is 0. The topological polar surface area (TPSA) is 147 Å². The van der Waals surface area contributed by atoms with E-state index in [1.54, 1.807) is 6.07 Å². The predicted octanol–water partition coefficient (Wildman–Crippen LogP) is 0.0187. The molecule has 0 atom stereocenters. The monoisotopic (exact) mass is 332 g/mol. The van der Waals surface area contributed by atoms with Crippen LogP contribution in [0.25, 0.3) is 0 Å². The van der Waals surface area contributed by atoms with Gasteiger partial charge in [0.05, 0.1) is 6.07 Å². The van der Waals surface area contributed by atoms with Crippen molar-refractivity contribution in [2.24, 2.45) is 5.92 Å². The summed E-state index contributed by atoms with van der Waals surface area (Å²) in [4.78, 5) is 37.7. The first-order valence-electron chi connectivity index (χ1n) is 7.54. The van der Waals surface area contributed by atoms with Gasteiger partial charge in [-0.05, 0) is 18.4 Å². The van der Waals surface area contributed by atoms with E-state index in [2.05, 4.69) is 25.3 Å². The van der Waals surface area contributed by atoms with Gasteiger partial charge in [0.25, 0.3) is 11.5 Å². The first-order valence-corrected chi connectivity index (χ1v) is 7.54. The Hall–Kier alpha value is -2.97. The minimum absolute atomic E-state index is 0.0530. The minimum atomic E-state index is -0.453. The number of rotatable bonds is 6. The number of aromatic hydroxyl groups is 1. The fourth-order valence-electron chi connectivity index (χ4n) is 2.15. The number of carbonyl (C=O) groups excluding carboxylic acids is 1. The lowest BCUT2D eigenvalue weighted by Gasteiger charge is -2.08. The Labute approximate surface area is 138 Å². The summed E-state index contributed by atoms with van der Waals surface area (Å²) in [6, 6.07) is 2.59. The Kier molecular flexibility index (Phi) is 5.46. The van der Waals surface area contributed by atoms with Crippen LogP contribution in [0.5, 0.6) is 5.88 Å². The molecule has 0 aromatic carbocycles. The fourth-order valence-corrected chi connectivity index (χ4v) is 2.15. The summed E-state index contributed by atoms with van der Waals surface area (Å²) >= 11 is 0. The van der Waals surface area contributed by atoms with Crippen molar-refractivity contribution in [3.05, 3.63) is 39.7 Å². The molecule has 0 aliphatic heterocycles. The highest BCUT2D eigenvalue weighted by molar-refractivity contribution is 5.92. The number of aromatic amines is 1. The Morgan fingerprint density at radius 3 is 2.75 bits per heavy atom. The highest BCUT2D eigenvalue weighted by Crippen LogP contribution is 2.09. The van der Waals surface area contributed by atoms with Gasteiger partial charge in [-0.25, -0.2) is 15.0 Å². The van der Waals surface area contributed by atoms with Crippen molar-refractivity contribution >= 4 is 11.9 Å². The van der Waals surface area contributed by atoms with Gasteiger partial charge in [-0.3, -0.25) is 9.59 Å². The van der Waals surface area contributed by atoms with Gasteiger partial charge in [0, 0.05) is 18.7 Å². The zero-order valence-corrected chi connectivity index (χ0v) is 13.5. The number of hydrogen-bond donors (Lipinski definition) is 4. The Morgan fingerprint density at radius 2 is 2.08 bits per heavy atom. The summed E-state index contributed by atoms with van der Waals surface area (Å²) in [5, 5.41) is 11.9. The van der Waals surface area contributed by atoms with E-state index in [0.717, 1.165) is 6.07 Å². The van der Waals surface area contributed by atoms with Crippen LogP contribution >= 0.6 is 0 Å². The quantitative estimate of drug-likeness (QED) is 0.583. The lowest BCUT2D eigenvalue weighted by Crippen LogP contribution is -2.28. The summed E-state index contributed by atoms with van der Waals surface area (Å²) in [6.07, 6.45) is 0.955. The summed E-state index contributed by atoms with van der Waals surface area (Å²) in [5.74, 6) is -0.0391. The maximum Gasteiger partial charge on any atom is 0.270 e. The molecular weight excluding hydrogens is 312 g/mol. The Bertz CT molecular complexity index is 787. The zero-order chi connectivity index (χ0) is 17.7. The van der Waals surface area contributed by atoms with E-state index in [0.29, 0.717) is 18.0 Å². The van der Waals surface area contributed by atoms with Gasteiger partial charge < -0.3 is 21.1 Å². The van der Waals surface area contributed by atoms with E-state index in [1.807, 2.05) is 13.8 Å². The average molecular weight is 332 g/mol. The number of nitrogens with one attached hydrogen (secondary N) is 2. The number of nitrogens with two attached hydrogens (primary N) is 1. The van der Waals surface area contributed by atoms with Crippen LogP contribution in [0.2, 0.25) is 0 Å². The molecule has 5 N–H and O–H groups in total. The van der Waals surface area contributed by atoms with E-state index < -0.39 is 11.5 Å². The van der Waals surface area contributed by atoms with Crippen molar-refractivity contribution in [2.75, 3.05) is 12.3 Å². The highest BCUT2D eigenvalue weighted by atomic mass is 16.3. The SMILES string of the molecule is CC(C)Cc1cc(C(=O)NCCc2nc(O)cc(=O)[nH]2)nc(N)n1. The van der Waals surface area contributed by atoms with Crippen LogP contribution in [0.3, 0.4) is 0 Å². The zero-order valence-electron chi connectivity index (χ0n) is 13.5. The summed E-state index contributed by atoms with van der Waals surface area (Å²) in [5.41, 5.74) is 6.09. The lowest BCUT2D eigenvalue weighted by molar-refractivity contribution is 0.0949. The highest BCUT2D eigenvalue weighted by Gasteiger charge is 2.11. The van der Waals surface area contributed by atoms with Gasteiger partial charge in [0.2, 0.25) is 11.8 Å². The molecule has 9 nitrogen and oxygen atoms in total.